The molecule has 1 atom stereocenters. The highest BCUT2D eigenvalue weighted by Crippen LogP contribution is 2.37. The van der Waals surface area contributed by atoms with E-state index in [2.05, 4.69) is 9.97 Å². The fourth-order valence-electron chi connectivity index (χ4n) is 4.12. The van der Waals surface area contributed by atoms with Gasteiger partial charge in [-0.25, -0.2) is 4.79 Å². The van der Waals surface area contributed by atoms with Crippen LogP contribution in [-0.2, 0) is 17.3 Å². The summed E-state index contributed by atoms with van der Waals surface area (Å²) in [6, 6.07) is 4.32. The second-order valence-corrected chi connectivity index (χ2v) is 9.27. The Morgan fingerprint density at radius 3 is 2.53 bits per heavy atom. The first-order valence-corrected chi connectivity index (χ1v) is 10.7. The number of alkyl halides is 3. The van der Waals surface area contributed by atoms with Gasteiger partial charge in [0.15, 0.2) is 0 Å². The van der Waals surface area contributed by atoms with Gasteiger partial charge in [-0.1, -0.05) is 0 Å². The van der Waals surface area contributed by atoms with Crippen molar-refractivity contribution < 1.29 is 27.4 Å². The van der Waals surface area contributed by atoms with Gasteiger partial charge in [0.25, 0.3) is 0 Å². The molecule has 0 bridgehead atoms. The van der Waals surface area contributed by atoms with Crippen LogP contribution in [0.3, 0.4) is 0 Å². The predicted octanol–water partition coefficient (Wildman–Crippen LogP) is 5.11. The minimum atomic E-state index is -4.50. The molecule has 2 aromatic heterocycles. The number of carbonyl (C=O) groups is 1. The van der Waals surface area contributed by atoms with E-state index in [4.69, 9.17) is 9.47 Å². The number of likely N-dealkylation sites (tertiary alicyclic amines) is 1. The van der Waals surface area contributed by atoms with Gasteiger partial charge in [0.1, 0.15) is 23.1 Å². The lowest BCUT2D eigenvalue weighted by molar-refractivity contribution is -0.141. The summed E-state index contributed by atoms with van der Waals surface area (Å²) >= 11 is 0. The first-order valence-electron chi connectivity index (χ1n) is 10.7. The van der Waals surface area contributed by atoms with Crippen LogP contribution in [0.1, 0.15) is 44.9 Å². The Bertz CT molecular complexity index is 996. The zero-order valence-electron chi connectivity index (χ0n) is 18.3. The van der Waals surface area contributed by atoms with Gasteiger partial charge in [-0.15, -0.1) is 0 Å². The lowest BCUT2D eigenvalue weighted by Gasteiger charge is -2.35. The van der Waals surface area contributed by atoms with E-state index in [9.17, 15) is 18.0 Å². The van der Waals surface area contributed by atoms with E-state index < -0.39 is 17.5 Å². The van der Waals surface area contributed by atoms with Crippen LogP contribution in [-0.4, -0.2) is 45.8 Å². The molecule has 6 nitrogen and oxygen atoms in total. The highest BCUT2D eigenvalue weighted by atomic mass is 19.4. The number of carbonyl (C=O) groups excluding carboxylic acids is 1. The van der Waals surface area contributed by atoms with Crippen LogP contribution in [0.4, 0.5) is 18.0 Å². The van der Waals surface area contributed by atoms with Crippen molar-refractivity contribution in [3.8, 4) is 17.0 Å². The summed E-state index contributed by atoms with van der Waals surface area (Å²) in [6.07, 6.45) is 0.157. The summed E-state index contributed by atoms with van der Waals surface area (Å²) in [5, 5.41) is 0. The smallest absolute Gasteiger partial charge is 0.433 e. The van der Waals surface area contributed by atoms with Crippen LogP contribution < -0.4 is 4.74 Å². The summed E-state index contributed by atoms with van der Waals surface area (Å²) in [7, 11) is 0. The number of rotatable bonds is 2. The Balaban J connectivity index is 1.40. The molecule has 2 aliphatic rings. The SMILES string of the molecule is CC(C)(C)OC(=O)N1CCC(C2Cc3cc(-c4ccnc(C(F)(F)F)c4)ncc3O2)CC1. The van der Waals surface area contributed by atoms with Crippen molar-refractivity contribution in [2.45, 2.75) is 57.9 Å². The lowest BCUT2D eigenvalue weighted by Crippen LogP contribution is -2.44. The monoisotopic (exact) mass is 449 g/mol. The maximum Gasteiger partial charge on any atom is 0.433 e. The molecule has 4 rings (SSSR count). The van der Waals surface area contributed by atoms with Gasteiger partial charge in [0.2, 0.25) is 0 Å². The van der Waals surface area contributed by atoms with Gasteiger partial charge < -0.3 is 14.4 Å². The fraction of sp³-hybridized carbons (Fsp3) is 0.522. The molecular formula is C23H26F3N3O3. The second-order valence-electron chi connectivity index (χ2n) is 9.27. The quantitative estimate of drug-likeness (QED) is 0.637. The van der Waals surface area contributed by atoms with Crippen LogP contribution >= 0.6 is 0 Å². The van der Waals surface area contributed by atoms with Crippen LogP contribution in [0.15, 0.2) is 30.6 Å². The molecule has 1 unspecified atom stereocenters. The molecule has 2 aromatic rings. The van der Waals surface area contributed by atoms with E-state index in [-0.39, 0.29) is 18.1 Å². The van der Waals surface area contributed by atoms with Crippen LogP contribution in [0.2, 0.25) is 0 Å². The average Bonchev–Trinajstić information content (AvgIpc) is 3.15. The van der Waals surface area contributed by atoms with Crippen molar-refractivity contribution >= 4 is 6.09 Å². The molecule has 0 aliphatic carbocycles. The Morgan fingerprint density at radius 2 is 1.88 bits per heavy atom. The number of pyridine rings is 2. The third-order valence-electron chi connectivity index (χ3n) is 5.71. The number of hydrogen-bond acceptors (Lipinski definition) is 5. The lowest BCUT2D eigenvalue weighted by atomic mass is 9.89. The van der Waals surface area contributed by atoms with E-state index in [0.29, 0.717) is 36.5 Å². The molecule has 172 valence electrons. The molecule has 0 N–H and O–H groups in total. The first kappa shape index (κ1) is 22.4. The molecule has 0 saturated carbocycles. The van der Waals surface area contributed by atoms with Gasteiger partial charge in [0, 0.05) is 36.8 Å². The molecule has 0 aromatic carbocycles. The van der Waals surface area contributed by atoms with Crippen molar-refractivity contribution in [2.24, 2.45) is 5.92 Å². The Morgan fingerprint density at radius 1 is 1.16 bits per heavy atom. The normalized spacial score (nSPS) is 19.4. The number of aromatic nitrogens is 2. The molecule has 1 fully saturated rings. The summed E-state index contributed by atoms with van der Waals surface area (Å²) in [6.45, 7) is 6.76. The number of piperidine rings is 1. The number of halogens is 3. The van der Waals surface area contributed by atoms with Crippen LogP contribution in [0.5, 0.6) is 5.75 Å². The van der Waals surface area contributed by atoms with E-state index in [0.717, 1.165) is 30.7 Å². The maximum absolute atomic E-state index is 13.0. The number of fused-ring (bicyclic) bond motifs is 1. The number of hydrogen-bond donors (Lipinski definition) is 0. The molecule has 32 heavy (non-hydrogen) atoms. The van der Waals surface area contributed by atoms with E-state index in [1.54, 1.807) is 17.2 Å². The summed E-state index contributed by atoms with van der Waals surface area (Å²) < 4.78 is 50.5. The molecule has 4 heterocycles. The van der Waals surface area contributed by atoms with Crippen molar-refractivity contribution in [3.63, 3.8) is 0 Å². The zero-order chi connectivity index (χ0) is 23.1. The molecule has 1 saturated heterocycles. The highest BCUT2D eigenvalue weighted by Gasteiger charge is 2.36. The molecule has 9 heteroatoms. The van der Waals surface area contributed by atoms with E-state index >= 15 is 0 Å². The third-order valence-corrected chi connectivity index (χ3v) is 5.71. The van der Waals surface area contributed by atoms with E-state index in [1.807, 2.05) is 20.8 Å². The van der Waals surface area contributed by atoms with Crippen molar-refractivity contribution in [3.05, 3.63) is 41.9 Å². The number of ether oxygens (including phenoxy) is 2. The molecule has 0 radical (unpaired) electrons. The minimum absolute atomic E-state index is 0.0361. The topological polar surface area (TPSA) is 64.5 Å². The Kier molecular flexibility index (Phi) is 5.77. The summed E-state index contributed by atoms with van der Waals surface area (Å²) in [5.41, 5.74) is 0.290. The average molecular weight is 449 g/mol. The van der Waals surface area contributed by atoms with Crippen molar-refractivity contribution in [1.82, 2.24) is 14.9 Å². The largest absolute Gasteiger partial charge is 0.488 e. The molecule has 1 amide bonds. The van der Waals surface area contributed by atoms with Crippen LogP contribution in [0, 0.1) is 5.92 Å². The Labute approximate surface area is 184 Å². The van der Waals surface area contributed by atoms with Gasteiger partial charge in [0.05, 0.1) is 11.9 Å². The Hall–Kier alpha value is -2.84. The van der Waals surface area contributed by atoms with Gasteiger partial charge in [-0.3, -0.25) is 9.97 Å². The summed E-state index contributed by atoms with van der Waals surface area (Å²) in [5.74, 6) is 0.945. The van der Waals surface area contributed by atoms with Crippen molar-refractivity contribution in [2.75, 3.05) is 13.1 Å². The second kappa shape index (κ2) is 8.26. The van der Waals surface area contributed by atoms with Gasteiger partial charge >= 0.3 is 12.3 Å². The van der Waals surface area contributed by atoms with Crippen molar-refractivity contribution in [1.29, 1.82) is 0 Å². The molecular weight excluding hydrogens is 423 g/mol. The molecule has 0 spiro atoms. The van der Waals surface area contributed by atoms with Gasteiger partial charge in [-0.2, -0.15) is 13.2 Å². The summed E-state index contributed by atoms with van der Waals surface area (Å²) in [4.78, 5) is 21.7. The predicted molar refractivity (Wildman–Crippen MR) is 111 cm³/mol. The zero-order valence-corrected chi connectivity index (χ0v) is 18.3. The maximum atomic E-state index is 13.0. The van der Waals surface area contributed by atoms with Crippen LogP contribution in [0.25, 0.3) is 11.3 Å². The first-order chi connectivity index (χ1) is 15.0. The van der Waals surface area contributed by atoms with E-state index in [1.165, 1.54) is 6.07 Å². The standard InChI is InChI=1S/C23H26F3N3O3/c1-22(2,3)32-21(30)29-8-5-14(6-9-29)18-11-16-10-17(28-13-19(16)31-18)15-4-7-27-20(12-15)23(24,25)26/h4,7,10,12-14,18H,5-6,8-9,11H2,1-3H3. The number of nitrogens with zero attached hydrogens (tertiary/aromatic N) is 3. The molecule has 2 aliphatic heterocycles. The van der Waals surface area contributed by atoms with Gasteiger partial charge in [-0.05, 0) is 57.7 Å². The number of amides is 1. The third kappa shape index (κ3) is 4.97. The fourth-order valence-corrected chi connectivity index (χ4v) is 4.12. The minimum Gasteiger partial charge on any atom is -0.488 e. The highest BCUT2D eigenvalue weighted by molar-refractivity contribution is 5.68.